The molecular formula is C22H26N4OS2. The molecule has 1 atom stereocenters. The van der Waals surface area contributed by atoms with Crippen molar-refractivity contribution in [2.45, 2.75) is 37.6 Å². The molecule has 152 valence electrons. The standard InChI is InChI=1S/C22H26N4OS2/c1-15-16(2)28-20-19(15)21(24-14-23-20)29-17(3)22(27)26-11-9-25(10-12-26)13-18-7-5-4-6-8-18/h4-8,14,17H,9-13H2,1-3H3/t17-/m0/s1. The summed E-state index contributed by atoms with van der Waals surface area (Å²) in [6, 6.07) is 10.5. The minimum Gasteiger partial charge on any atom is -0.339 e. The maximum absolute atomic E-state index is 13.0. The minimum absolute atomic E-state index is 0.159. The number of nitrogens with zero attached hydrogens (tertiary/aromatic N) is 4. The highest BCUT2D eigenvalue weighted by atomic mass is 32.2. The molecule has 1 aliphatic heterocycles. The molecule has 0 unspecified atom stereocenters. The Labute approximate surface area is 180 Å². The van der Waals surface area contributed by atoms with Crippen LogP contribution in [0.5, 0.6) is 0 Å². The van der Waals surface area contributed by atoms with Crippen LogP contribution in [0.25, 0.3) is 10.2 Å². The van der Waals surface area contributed by atoms with E-state index in [9.17, 15) is 4.79 Å². The number of aryl methyl sites for hydroxylation is 2. The summed E-state index contributed by atoms with van der Waals surface area (Å²) in [5.41, 5.74) is 2.55. The summed E-state index contributed by atoms with van der Waals surface area (Å²) in [6.07, 6.45) is 1.61. The Morgan fingerprint density at radius 3 is 2.59 bits per heavy atom. The van der Waals surface area contributed by atoms with Gasteiger partial charge in [-0.2, -0.15) is 0 Å². The predicted octanol–water partition coefficient (Wildman–Crippen LogP) is 4.13. The second kappa shape index (κ2) is 8.81. The SMILES string of the molecule is Cc1sc2ncnc(S[C@@H](C)C(=O)N3CCN(Cc4ccccc4)CC3)c2c1C. The summed E-state index contributed by atoms with van der Waals surface area (Å²) < 4.78 is 0. The van der Waals surface area contributed by atoms with Crippen molar-refractivity contribution in [1.29, 1.82) is 0 Å². The normalized spacial score (nSPS) is 16.3. The molecule has 3 heterocycles. The van der Waals surface area contributed by atoms with Gasteiger partial charge in [0.05, 0.1) is 5.25 Å². The molecule has 0 radical (unpaired) electrons. The molecule has 1 aromatic carbocycles. The molecule has 0 spiro atoms. The van der Waals surface area contributed by atoms with Crippen LogP contribution >= 0.6 is 23.1 Å². The molecule has 0 aliphatic carbocycles. The van der Waals surface area contributed by atoms with Gasteiger partial charge in [0.25, 0.3) is 0 Å². The number of hydrogen-bond acceptors (Lipinski definition) is 6. The molecule has 5 nitrogen and oxygen atoms in total. The number of carbonyl (C=O) groups is 1. The van der Waals surface area contributed by atoms with Crippen molar-refractivity contribution >= 4 is 39.2 Å². The fourth-order valence-electron chi connectivity index (χ4n) is 3.68. The van der Waals surface area contributed by atoms with Crippen molar-refractivity contribution in [3.05, 3.63) is 52.7 Å². The van der Waals surface area contributed by atoms with E-state index in [0.717, 1.165) is 48.0 Å². The molecule has 3 aromatic rings. The summed E-state index contributed by atoms with van der Waals surface area (Å²) in [4.78, 5) is 28.6. The molecule has 29 heavy (non-hydrogen) atoms. The largest absolute Gasteiger partial charge is 0.339 e. The molecule has 0 bridgehead atoms. The summed E-state index contributed by atoms with van der Waals surface area (Å²) >= 11 is 3.25. The zero-order chi connectivity index (χ0) is 20.4. The van der Waals surface area contributed by atoms with E-state index < -0.39 is 0 Å². The van der Waals surface area contributed by atoms with Gasteiger partial charge >= 0.3 is 0 Å². The van der Waals surface area contributed by atoms with Gasteiger partial charge in [-0.05, 0) is 31.9 Å². The highest BCUT2D eigenvalue weighted by molar-refractivity contribution is 8.00. The van der Waals surface area contributed by atoms with Gasteiger partial charge in [0.15, 0.2) is 0 Å². The Hall–Kier alpha value is -1.96. The van der Waals surface area contributed by atoms with Gasteiger partial charge in [-0.3, -0.25) is 9.69 Å². The molecule has 4 rings (SSSR count). The van der Waals surface area contributed by atoms with E-state index >= 15 is 0 Å². The zero-order valence-electron chi connectivity index (χ0n) is 17.1. The van der Waals surface area contributed by atoms with Gasteiger partial charge in [-0.25, -0.2) is 9.97 Å². The first-order valence-corrected chi connectivity index (χ1v) is 11.6. The van der Waals surface area contributed by atoms with Crippen LogP contribution in [0.4, 0.5) is 0 Å². The fourth-order valence-corrected chi connectivity index (χ4v) is 5.80. The second-order valence-corrected chi connectivity index (χ2v) is 10.0. The van der Waals surface area contributed by atoms with Gasteiger partial charge in [0, 0.05) is 43.0 Å². The molecule has 0 saturated carbocycles. The van der Waals surface area contributed by atoms with Gasteiger partial charge in [-0.1, -0.05) is 42.1 Å². The van der Waals surface area contributed by atoms with Crippen LogP contribution in [-0.4, -0.2) is 57.1 Å². The van der Waals surface area contributed by atoms with Gasteiger partial charge in [-0.15, -0.1) is 11.3 Å². The van der Waals surface area contributed by atoms with Crippen LogP contribution in [0.15, 0.2) is 41.7 Å². The van der Waals surface area contributed by atoms with Crippen LogP contribution in [0.1, 0.15) is 22.9 Å². The third kappa shape index (κ3) is 4.47. The number of thiophene rings is 1. The van der Waals surface area contributed by atoms with Crippen molar-refractivity contribution in [3.63, 3.8) is 0 Å². The lowest BCUT2D eigenvalue weighted by Gasteiger charge is -2.35. The number of carbonyl (C=O) groups excluding carboxylic acids is 1. The van der Waals surface area contributed by atoms with Gasteiger partial charge in [0.1, 0.15) is 16.2 Å². The molecular weight excluding hydrogens is 400 g/mol. The van der Waals surface area contributed by atoms with Crippen LogP contribution in [0.2, 0.25) is 0 Å². The zero-order valence-corrected chi connectivity index (χ0v) is 18.7. The number of fused-ring (bicyclic) bond motifs is 1. The third-order valence-corrected chi connectivity index (χ3v) is 7.70. The Kier molecular flexibility index (Phi) is 6.18. The smallest absolute Gasteiger partial charge is 0.235 e. The first kappa shape index (κ1) is 20.3. The highest BCUT2D eigenvalue weighted by Crippen LogP contribution is 2.36. The lowest BCUT2D eigenvalue weighted by Crippen LogP contribution is -2.50. The fraction of sp³-hybridized carbons (Fsp3) is 0.409. The molecule has 1 fully saturated rings. The van der Waals surface area contributed by atoms with Crippen molar-refractivity contribution in [3.8, 4) is 0 Å². The maximum Gasteiger partial charge on any atom is 0.235 e. The number of piperazine rings is 1. The van der Waals surface area contributed by atoms with E-state index in [0.29, 0.717) is 0 Å². The van der Waals surface area contributed by atoms with Crippen LogP contribution in [0.3, 0.4) is 0 Å². The lowest BCUT2D eigenvalue weighted by molar-refractivity contribution is -0.132. The Morgan fingerprint density at radius 2 is 1.86 bits per heavy atom. The quantitative estimate of drug-likeness (QED) is 0.453. The van der Waals surface area contributed by atoms with E-state index in [-0.39, 0.29) is 11.2 Å². The monoisotopic (exact) mass is 426 g/mol. The molecule has 0 N–H and O–H groups in total. The Balaban J connectivity index is 1.37. The third-order valence-electron chi connectivity index (χ3n) is 5.50. The summed E-state index contributed by atoms with van der Waals surface area (Å²) in [5, 5.41) is 1.86. The van der Waals surface area contributed by atoms with Gasteiger partial charge < -0.3 is 4.90 Å². The summed E-state index contributed by atoms with van der Waals surface area (Å²) in [5.74, 6) is 0.200. The van der Waals surface area contributed by atoms with E-state index in [1.165, 1.54) is 16.0 Å². The summed E-state index contributed by atoms with van der Waals surface area (Å²) in [7, 11) is 0. The summed E-state index contributed by atoms with van der Waals surface area (Å²) in [6.45, 7) is 10.6. The number of hydrogen-bond donors (Lipinski definition) is 0. The number of thioether (sulfide) groups is 1. The second-order valence-electron chi connectivity index (χ2n) is 7.49. The average molecular weight is 427 g/mol. The topological polar surface area (TPSA) is 49.3 Å². The number of aromatic nitrogens is 2. The van der Waals surface area contributed by atoms with Crippen LogP contribution < -0.4 is 0 Å². The minimum atomic E-state index is -0.159. The Morgan fingerprint density at radius 1 is 1.14 bits per heavy atom. The maximum atomic E-state index is 13.0. The van der Waals surface area contributed by atoms with E-state index in [4.69, 9.17) is 0 Å². The van der Waals surface area contributed by atoms with Crippen LogP contribution in [-0.2, 0) is 11.3 Å². The van der Waals surface area contributed by atoms with Crippen LogP contribution in [0, 0.1) is 13.8 Å². The predicted molar refractivity (Wildman–Crippen MR) is 121 cm³/mol. The highest BCUT2D eigenvalue weighted by Gasteiger charge is 2.26. The molecule has 2 aromatic heterocycles. The lowest BCUT2D eigenvalue weighted by atomic mass is 10.2. The first-order valence-electron chi connectivity index (χ1n) is 9.95. The van der Waals surface area contributed by atoms with Gasteiger partial charge in [0.2, 0.25) is 5.91 Å². The molecule has 1 amide bonds. The molecule has 7 heteroatoms. The number of amides is 1. The first-order chi connectivity index (χ1) is 14.0. The van der Waals surface area contributed by atoms with Crippen molar-refractivity contribution in [2.24, 2.45) is 0 Å². The number of benzene rings is 1. The van der Waals surface area contributed by atoms with E-state index in [2.05, 4.69) is 53.0 Å². The van der Waals surface area contributed by atoms with E-state index in [1.807, 2.05) is 17.9 Å². The van der Waals surface area contributed by atoms with Crippen molar-refractivity contribution in [1.82, 2.24) is 19.8 Å². The molecule has 1 aliphatic rings. The van der Waals surface area contributed by atoms with Crippen molar-refractivity contribution < 1.29 is 4.79 Å². The van der Waals surface area contributed by atoms with E-state index in [1.54, 1.807) is 29.4 Å². The molecule has 1 saturated heterocycles. The van der Waals surface area contributed by atoms with Crippen molar-refractivity contribution in [2.75, 3.05) is 26.2 Å². The number of rotatable bonds is 5. The Bertz CT molecular complexity index is 997. The average Bonchev–Trinajstić information content (AvgIpc) is 3.03.